The van der Waals surface area contributed by atoms with E-state index in [0.717, 1.165) is 0 Å². The van der Waals surface area contributed by atoms with Crippen molar-refractivity contribution in [1.82, 2.24) is 4.90 Å². The smallest absolute Gasteiger partial charge is 0.0349 e. The van der Waals surface area contributed by atoms with Gasteiger partial charge in [0, 0.05) is 14.8 Å². The molecule has 1 unspecified atom stereocenters. The van der Waals surface area contributed by atoms with Crippen molar-refractivity contribution in [2.24, 2.45) is 0 Å². The van der Waals surface area contributed by atoms with E-state index in [1.54, 1.807) is 5.57 Å². The summed E-state index contributed by atoms with van der Waals surface area (Å²) in [6.45, 7) is 12.3. The van der Waals surface area contributed by atoms with Crippen LogP contribution in [-0.4, -0.2) is 32.8 Å². The van der Waals surface area contributed by atoms with Crippen LogP contribution in [-0.2, 0) is 0 Å². The summed E-state index contributed by atoms with van der Waals surface area (Å²) in [4.78, 5) is 2.80. The zero-order chi connectivity index (χ0) is 16.2. The molecule has 0 aromatic heterocycles. The largest absolute Gasteiger partial charge is 0.297 e. The highest BCUT2D eigenvalue weighted by Gasteiger charge is 2.18. The molecular weight excluding hydrogens is 282 g/mol. The molecule has 22 heavy (non-hydrogen) atoms. The molecule has 1 aliphatic heterocycles. The Morgan fingerprint density at radius 2 is 1.27 bits per heavy atom. The zero-order valence-corrected chi connectivity index (χ0v) is 17.0. The second-order valence-electron chi connectivity index (χ2n) is 7.71. The van der Waals surface area contributed by atoms with E-state index in [1.807, 2.05) is 0 Å². The average molecular weight is 324 g/mol. The fraction of sp³-hybridized carbons (Fsp3) is 0.900. The summed E-state index contributed by atoms with van der Waals surface area (Å²) in [6.07, 6.45) is 16.9. The second-order valence-corrected chi connectivity index (χ2v) is 10.9. The van der Waals surface area contributed by atoms with E-state index in [-0.39, 0.29) is 0 Å². The first kappa shape index (κ1) is 20.0. The summed E-state index contributed by atoms with van der Waals surface area (Å²) in [5.74, 6) is 0. The van der Waals surface area contributed by atoms with Crippen molar-refractivity contribution in [1.29, 1.82) is 0 Å². The fourth-order valence-electron chi connectivity index (χ4n) is 3.78. The second kappa shape index (κ2) is 12.4. The van der Waals surface area contributed by atoms with Crippen LogP contribution in [0.1, 0.15) is 78.1 Å². The summed E-state index contributed by atoms with van der Waals surface area (Å²) in [5.41, 5.74) is 1.71. The van der Waals surface area contributed by atoms with Gasteiger partial charge in [0.1, 0.15) is 0 Å². The Kier molecular flexibility index (Phi) is 11.2. The highest BCUT2D eigenvalue weighted by molar-refractivity contribution is 6.56. The van der Waals surface area contributed by atoms with Crippen LogP contribution >= 0.6 is 0 Å². The number of nitrogens with zero attached hydrogens (tertiary/aromatic N) is 1. The first-order valence-corrected chi connectivity index (χ1v) is 13.2. The molecule has 1 saturated heterocycles. The van der Waals surface area contributed by atoms with Crippen molar-refractivity contribution in [2.75, 3.05) is 13.1 Å². The lowest BCUT2D eigenvalue weighted by molar-refractivity contribution is 0.222. The first-order valence-electron chi connectivity index (χ1n) is 10.0. The number of rotatable bonds is 4. The van der Waals surface area contributed by atoms with Crippen LogP contribution < -0.4 is 0 Å². The minimum absolute atomic E-state index is 0.507. The van der Waals surface area contributed by atoms with Gasteiger partial charge in [-0.05, 0) is 45.8 Å². The van der Waals surface area contributed by atoms with Gasteiger partial charge < -0.3 is 0 Å². The highest BCUT2D eigenvalue weighted by Crippen LogP contribution is 2.20. The van der Waals surface area contributed by atoms with Crippen molar-refractivity contribution >= 4 is 8.80 Å². The van der Waals surface area contributed by atoms with Gasteiger partial charge >= 0.3 is 0 Å². The molecule has 0 amide bonds. The van der Waals surface area contributed by atoms with Crippen LogP contribution in [0.15, 0.2) is 11.6 Å². The SMILES string of the molecule is C/C=C(/C[SiH](C)C)C(C)N1CCCCCCCCCCCC1. The number of allylic oxidation sites excluding steroid dienone is 1. The van der Waals surface area contributed by atoms with Crippen molar-refractivity contribution in [3.05, 3.63) is 11.6 Å². The van der Waals surface area contributed by atoms with Crippen LogP contribution in [0.4, 0.5) is 0 Å². The maximum absolute atomic E-state index is 2.80. The monoisotopic (exact) mass is 323 g/mol. The van der Waals surface area contributed by atoms with Gasteiger partial charge in [-0.2, -0.15) is 0 Å². The Balaban J connectivity index is 2.56. The Labute approximate surface area is 142 Å². The molecule has 1 atom stereocenters. The predicted molar refractivity (Wildman–Crippen MR) is 105 cm³/mol. The molecule has 1 nitrogen and oxygen atoms in total. The molecule has 0 aliphatic carbocycles. The molecule has 0 aromatic rings. The summed E-state index contributed by atoms with van der Waals surface area (Å²) < 4.78 is 0. The first-order chi connectivity index (χ1) is 10.6. The lowest BCUT2D eigenvalue weighted by Gasteiger charge is -2.32. The van der Waals surface area contributed by atoms with Gasteiger partial charge in [0.15, 0.2) is 0 Å². The summed E-state index contributed by atoms with van der Waals surface area (Å²) >= 11 is 0. The van der Waals surface area contributed by atoms with Gasteiger partial charge in [-0.25, -0.2) is 0 Å². The standard InChI is InChI=1S/C20H41NSi/c1-5-20(18-22(3)4)19(2)21-16-14-12-10-8-6-7-9-11-13-15-17-21/h5,19,22H,6-18H2,1-4H3/b20-5-. The molecule has 0 aromatic carbocycles. The third-order valence-electron chi connectivity index (χ3n) is 5.24. The minimum Gasteiger partial charge on any atom is -0.297 e. The fourth-order valence-corrected chi connectivity index (χ4v) is 5.30. The molecule has 2 heteroatoms. The molecule has 0 radical (unpaired) electrons. The minimum atomic E-state index is -0.507. The van der Waals surface area contributed by atoms with Gasteiger partial charge in [-0.1, -0.05) is 76.1 Å². The molecular formula is C20H41NSi. The lowest BCUT2D eigenvalue weighted by Crippen LogP contribution is -2.36. The Bertz CT molecular complexity index is 284. The average Bonchev–Trinajstić information content (AvgIpc) is 2.52. The molecule has 1 fully saturated rings. The van der Waals surface area contributed by atoms with Gasteiger partial charge in [-0.3, -0.25) is 4.90 Å². The Hall–Kier alpha value is -0.0831. The van der Waals surface area contributed by atoms with Crippen LogP contribution in [0.5, 0.6) is 0 Å². The molecule has 1 aliphatic rings. The van der Waals surface area contributed by atoms with E-state index in [4.69, 9.17) is 0 Å². The van der Waals surface area contributed by atoms with Gasteiger partial charge in [0.25, 0.3) is 0 Å². The zero-order valence-electron chi connectivity index (χ0n) is 15.9. The lowest BCUT2D eigenvalue weighted by atomic mass is 10.1. The van der Waals surface area contributed by atoms with E-state index in [1.165, 1.54) is 83.3 Å². The predicted octanol–water partition coefficient (Wildman–Crippen LogP) is 6.02. The molecule has 0 saturated carbocycles. The van der Waals surface area contributed by atoms with Gasteiger partial charge in [0.2, 0.25) is 0 Å². The normalized spacial score (nSPS) is 22.7. The molecule has 0 N–H and O–H groups in total. The van der Waals surface area contributed by atoms with E-state index in [2.05, 4.69) is 37.9 Å². The van der Waals surface area contributed by atoms with Crippen molar-refractivity contribution in [2.45, 2.75) is 103 Å². The van der Waals surface area contributed by atoms with Gasteiger partial charge in [0.05, 0.1) is 0 Å². The van der Waals surface area contributed by atoms with Crippen LogP contribution in [0.25, 0.3) is 0 Å². The Morgan fingerprint density at radius 1 is 0.864 bits per heavy atom. The highest BCUT2D eigenvalue weighted by atomic mass is 28.3. The van der Waals surface area contributed by atoms with Gasteiger partial charge in [-0.15, -0.1) is 0 Å². The summed E-state index contributed by atoms with van der Waals surface area (Å²) in [5, 5.41) is 0. The third kappa shape index (κ3) is 8.52. The molecule has 130 valence electrons. The molecule has 0 bridgehead atoms. The number of hydrogen-bond donors (Lipinski definition) is 0. The third-order valence-corrected chi connectivity index (χ3v) is 6.53. The molecule has 0 spiro atoms. The molecule has 1 heterocycles. The van der Waals surface area contributed by atoms with E-state index in [0.29, 0.717) is 6.04 Å². The van der Waals surface area contributed by atoms with Crippen molar-refractivity contribution in [3.8, 4) is 0 Å². The van der Waals surface area contributed by atoms with Crippen molar-refractivity contribution < 1.29 is 0 Å². The number of hydrogen-bond acceptors (Lipinski definition) is 1. The van der Waals surface area contributed by atoms with Crippen molar-refractivity contribution in [3.63, 3.8) is 0 Å². The van der Waals surface area contributed by atoms with Crippen LogP contribution in [0.3, 0.4) is 0 Å². The maximum atomic E-state index is 2.80. The maximum Gasteiger partial charge on any atom is 0.0349 e. The summed E-state index contributed by atoms with van der Waals surface area (Å²) in [6, 6.07) is 2.07. The summed E-state index contributed by atoms with van der Waals surface area (Å²) in [7, 11) is -0.507. The topological polar surface area (TPSA) is 3.24 Å². The van der Waals surface area contributed by atoms with Crippen LogP contribution in [0, 0.1) is 0 Å². The van der Waals surface area contributed by atoms with E-state index in [9.17, 15) is 0 Å². The quantitative estimate of drug-likeness (QED) is 0.451. The Morgan fingerprint density at radius 3 is 1.64 bits per heavy atom. The molecule has 1 rings (SSSR count). The van der Waals surface area contributed by atoms with E-state index >= 15 is 0 Å². The van der Waals surface area contributed by atoms with Crippen LogP contribution in [0.2, 0.25) is 19.1 Å². The van der Waals surface area contributed by atoms with E-state index < -0.39 is 8.80 Å².